The Labute approximate surface area is 125 Å². The Hall–Kier alpha value is -2.14. The van der Waals surface area contributed by atoms with Crippen LogP contribution < -0.4 is 5.32 Å². The summed E-state index contributed by atoms with van der Waals surface area (Å²) in [6, 6.07) is 8.46. The molecule has 0 aliphatic heterocycles. The summed E-state index contributed by atoms with van der Waals surface area (Å²) in [4.78, 5) is 11.9. The van der Waals surface area contributed by atoms with Crippen molar-refractivity contribution in [2.45, 2.75) is 6.04 Å². The maximum absolute atomic E-state index is 13.3. The van der Waals surface area contributed by atoms with Crippen LogP contribution in [0, 0.1) is 11.6 Å². The molecule has 0 bridgehead atoms. The Morgan fingerprint density at radius 2 is 1.86 bits per heavy atom. The lowest BCUT2D eigenvalue weighted by Crippen LogP contribution is -2.22. The monoisotopic (exact) mass is 311 g/mol. The first-order chi connectivity index (χ1) is 9.99. The summed E-state index contributed by atoms with van der Waals surface area (Å²) in [5.41, 5.74) is 0.655. The van der Waals surface area contributed by atoms with Gasteiger partial charge in [0.25, 0.3) is 0 Å². The molecule has 0 aliphatic rings. The van der Waals surface area contributed by atoms with Gasteiger partial charge in [-0.3, -0.25) is 0 Å². The Balaban J connectivity index is 2.36. The SMILES string of the molecule is COC(=O)C(Nc1cccc(Cl)c1)c1cc(F)cc(F)c1. The van der Waals surface area contributed by atoms with Gasteiger partial charge in [0.05, 0.1) is 7.11 Å². The van der Waals surface area contributed by atoms with E-state index in [2.05, 4.69) is 10.1 Å². The molecule has 0 saturated heterocycles. The summed E-state index contributed by atoms with van der Waals surface area (Å²) in [5.74, 6) is -2.21. The van der Waals surface area contributed by atoms with Gasteiger partial charge >= 0.3 is 5.97 Å². The van der Waals surface area contributed by atoms with E-state index < -0.39 is 23.6 Å². The Morgan fingerprint density at radius 3 is 2.43 bits per heavy atom. The van der Waals surface area contributed by atoms with Crippen molar-refractivity contribution in [1.29, 1.82) is 0 Å². The van der Waals surface area contributed by atoms with Gasteiger partial charge in [0, 0.05) is 16.8 Å². The number of methoxy groups -OCH3 is 1. The van der Waals surface area contributed by atoms with E-state index in [4.69, 9.17) is 11.6 Å². The topological polar surface area (TPSA) is 38.3 Å². The van der Waals surface area contributed by atoms with Gasteiger partial charge in [0.15, 0.2) is 6.04 Å². The third kappa shape index (κ3) is 3.92. The highest BCUT2D eigenvalue weighted by molar-refractivity contribution is 6.30. The second-order valence-electron chi connectivity index (χ2n) is 4.31. The van der Waals surface area contributed by atoms with Crippen molar-refractivity contribution >= 4 is 23.3 Å². The number of carbonyl (C=O) groups is 1. The molecule has 6 heteroatoms. The minimum Gasteiger partial charge on any atom is -0.467 e. The van der Waals surface area contributed by atoms with E-state index in [-0.39, 0.29) is 5.56 Å². The van der Waals surface area contributed by atoms with Gasteiger partial charge in [-0.05, 0) is 35.9 Å². The third-order valence-corrected chi connectivity index (χ3v) is 3.03. The average Bonchev–Trinajstić information content (AvgIpc) is 2.43. The molecule has 1 atom stereocenters. The average molecular weight is 312 g/mol. The molecule has 0 fully saturated rings. The van der Waals surface area contributed by atoms with Crippen LogP contribution in [0.25, 0.3) is 0 Å². The molecular weight excluding hydrogens is 300 g/mol. The first-order valence-corrected chi connectivity index (χ1v) is 6.43. The van der Waals surface area contributed by atoms with Crippen molar-refractivity contribution in [2.24, 2.45) is 0 Å². The lowest BCUT2D eigenvalue weighted by atomic mass is 10.1. The Bertz CT molecular complexity index is 644. The van der Waals surface area contributed by atoms with E-state index in [1.807, 2.05) is 0 Å². The second-order valence-corrected chi connectivity index (χ2v) is 4.75. The number of esters is 1. The molecule has 1 unspecified atom stereocenters. The highest BCUT2D eigenvalue weighted by Gasteiger charge is 2.22. The Kier molecular flexibility index (Phi) is 4.75. The molecule has 0 aliphatic carbocycles. The molecule has 1 N–H and O–H groups in total. The minimum atomic E-state index is -1.04. The van der Waals surface area contributed by atoms with Crippen LogP contribution in [0.5, 0.6) is 0 Å². The van der Waals surface area contributed by atoms with Crippen molar-refractivity contribution < 1.29 is 18.3 Å². The number of anilines is 1. The second kappa shape index (κ2) is 6.54. The first-order valence-electron chi connectivity index (χ1n) is 6.05. The molecule has 0 amide bonds. The predicted octanol–water partition coefficient (Wildman–Crippen LogP) is 3.94. The van der Waals surface area contributed by atoms with E-state index in [1.165, 1.54) is 7.11 Å². The number of halogens is 3. The quantitative estimate of drug-likeness (QED) is 0.869. The fourth-order valence-corrected chi connectivity index (χ4v) is 2.07. The van der Waals surface area contributed by atoms with Crippen molar-refractivity contribution in [3.8, 4) is 0 Å². The van der Waals surface area contributed by atoms with Gasteiger partial charge in [-0.15, -0.1) is 0 Å². The zero-order chi connectivity index (χ0) is 15.4. The fraction of sp³-hybridized carbons (Fsp3) is 0.133. The van der Waals surface area contributed by atoms with Crippen LogP contribution in [0.2, 0.25) is 5.02 Å². The molecule has 2 aromatic carbocycles. The standard InChI is InChI=1S/C15H12ClF2NO2/c1-21-15(20)14(9-5-11(17)8-12(18)6-9)19-13-4-2-3-10(16)7-13/h2-8,14,19H,1H3. The van der Waals surface area contributed by atoms with Crippen LogP contribution in [0.3, 0.4) is 0 Å². The number of ether oxygens (including phenoxy) is 1. The fourth-order valence-electron chi connectivity index (χ4n) is 1.88. The normalized spacial score (nSPS) is 11.8. The van der Waals surface area contributed by atoms with Crippen molar-refractivity contribution in [3.63, 3.8) is 0 Å². The number of hydrogen-bond acceptors (Lipinski definition) is 3. The summed E-state index contributed by atoms with van der Waals surface area (Å²) < 4.78 is 31.3. The molecule has 2 rings (SSSR count). The molecule has 0 aromatic heterocycles. The van der Waals surface area contributed by atoms with E-state index >= 15 is 0 Å². The summed E-state index contributed by atoms with van der Waals surface area (Å²) in [6.07, 6.45) is 0. The molecule has 2 aromatic rings. The maximum Gasteiger partial charge on any atom is 0.332 e. The maximum atomic E-state index is 13.3. The van der Waals surface area contributed by atoms with Crippen molar-refractivity contribution in [1.82, 2.24) is 0 Å². The molecule has 0 heterocycles. The smallest absolute Gasteiger partial charge is 0.332 e. The number of carbonyl (C=O) groups excluding carboxylic acids is 1. The summed E-state index contributed by atoms with van der Waals surface area (Å²) in [6.45, 7) is 0. The van der Waals surface area contributed by atoms with Crippen LogP contribution >= 0.6 is 11.6 Å². The first kappa shape index (κ1) is 15.3. The van der Waals surface area contributed by atoms with E-state index in [0.717, 1.165) is 18.2 Å². The number of nitrogens with one attached hydrogen (secondary N) is 1. The van der Waals surface area contributed by atoms with Crippen molar-refractivity contribution in [2.75, 3.05) is 12.4 Å². The van der Waals surface area contributed by atoms with E-state index in [1.54, 1.807) is 24.3 Å². The zero-order valence-electron chi connectivity index (χ0n) is 11.1. The number of hydrogen-bond donors (Lipinski definition) is 1. The van der Waals surface area contributed by atoms with Gasteiger partial charge in [-0.25, -0.2) is 13.6 Å². The molecule has 0 spiro atoms. The zero-order valence-corrected chi connectivity index (χ0v) is 11.8. The predicted molar refractivity (Wildman–Crippen MR) is 76.2 cm³/mol. The number of benzene rings is 2. The van der Waals surface area contributed by atoms with Gasteiger partial charge in [-0.2, -0.15) is 0 Å². The van der Waals surface area contributed by atoms with Gasteiger partial charge in [0.1, 0.15) is 11.6 Å². The third-order valence-electron chi connectivity index (χ3n) is 2.79. The highest BCUT2D eigenvalue weighted by atomic mass is 35.5. The molecule has 3 nitrogen and oxygen atoms in total. The van der Waals surface area contributed by atoms with E-state index in [9.17, 15) is 13.6 Å². The Morgan fingerprint density at radius 1 is 1.19 bits per heavy atom. The molecule has 110 valence electrons. The van der Waals surface area contributed by atoms with Crippen LogP contribution in [0.15, 0.2) is 42.5 Å². The lowest BCUT2D eigenvalue weighted by Gasteiger charge is -2.18. The summed E-state index contributed by atoms with van der Waals surface area (Å²) >= 11 is 5.86. The van der Waals surface area contributed by atoms with Crippen LogP contribution in [-0.2, 0) is 9.53 Å². The van der Waals surface area contributed by atoms with E-state index in [0.29, 0.717) is 10.7 Å². The van der Waals surface area contributed by atoms with Crippen molar-refractivity contribution in [3.05, 3.63) is 64.7 Å². The van der Waals surface area contributed by atoms with Gasteiger partial charge < -0.3 is 10.1 Å². The van der Waals surface area contributed by atoms with Crippen LogP contribution in [-0.4, -0.2) is 13.1 Å². The molecular formula is C15H12ClF2NO2. The van der Waals surface area contributed by atoms with Gasteiger partial charge in [0.2, 0.25) is 0 Å². The summed E-state index contributed by atoms with van der Waals surface area (Å²) in [5, 5.41) is 3.32. The highest BCUT2D eigenvalue weighted by Crippen LogP contribution is 2.24. The minimum absolute atomic E-state index is 0.124. The summed E-state index contributed by atoms with van der Waals surface area (Å²) in [7, 11) is 1.20. The molecule has 0 saturated carbocycles. The molecule has 0 radical (unpaired) electrons. The van der Waals surface area contributed by atoms with Gasteiger partial charge in [-0.1, -0.05) is 17.7 Å². The number of rotatable bonds is 4. The van der Waals surface area contributed by atoms with Crippen LogP contribution in [0.1, 0.15) is 11.6 Å². The van der Waals surface area contributed by atoms with Crippen LogP contribution in [0.4, 0.5) is 14.5 Å². The largest absolute Gasteiger partial charge is 0.467 e. The lowest BCUT2D eigenvalue weighted by molar-refractivity contribution is -0.141. The molecule has 21 heavy (non-hydrogen) atoms.